The van der Waals surface area contributed by atoms with Crippen molar-refractivity contribution in [2.75, 3.05) is 6.61 Å². The van der Waals surface area contributed by atoms with Crippen LogP contribution in [0.15, 0.2) is 18.2 Å². The molecule has 0 aliphatic rings. The average Bonchev–Trinajstić information content (AvgIpc) is 2.38. The molecule has 6 heteroatoms. The molecule has 2 N–H and O–H groups in total. The summed E-state index contributed by atoms with van der Waals surface area (Å²) in [6.07, 6.45) is -2.05. The molecule has 0 aromatic heterocycles. The van der Waals surface area contributed by atoms with E-state index in [0.717, 1.165) is 12.1 Å². The Morgan fingerprint density at radius 1 is 1.61 bits per heavy atom. The minimum atomic E-state index is -2.05. The van der Waals surface area contributed by atoms with Crippen LogP contribution in [0.2, 0.25) is 0 Å². The van der Waals surface area contributed by atoms with Gasteiger partial charge in [0.1, 0.15) is 11.9 Å². The van der Waals surface area contributed by atoms with E-state index < -0.39 is 24.0 Å². The van der Waals surface area contributed by atoms with E-state index in [1.54, 1.807) is 13.0 Å². The highest BCUT2D eigenvalue weighted by Crippen LogP contribution is 2.20. The fourth-order valence-corrected chi connectivity index (χ4v) is 1.37. The van der Waals surface area contributed by atoms with Crippen LogP contribution in [-0.4, -0.2) is 18.7 Å². The van der Waals surface area contributed by atoms with Crippen molar-refractivity contribution < 1.29 is 18.3 Å². The summed E-state index contributed by atoms with van der Waals surface area (Å²) in [7, 11) is 0. The molecule has 0 bridgehead atoms. The third kappa shape index (κ3) is 3.02. The Bertz CT molecular complexity index is 485. The number of alkyl halides is 1. The Morgan fingerprint density at radius 2 is 2.28 bits per heavy atom. The molecule has 18 heavy (non-hydrogen) atoms. The second kappa shape index (κ2) is 6.07. The Morgan fingerprint density at radius 3 is 2.83 bits per heavy atom. The van der Waals surface area contributed by atoms with Crippen LogP contribution in [0.3, 0.4) is 0 Å². The molecule has 0 amide bonds. The van der Waals surface area contributed by atoms with E-state index >= 15 is 0 Å². The van der Waals surface area contributed by atoms with Gasteiger partial charge in [-0.2, -0.15) is 5.26 Å². The van der Waals surface area contributed by atoms with Crippen molar-refractivity contribution in [2.24, 2.45) is 5.73 Å². The van der Waals surface area contributed by atoms with Gasteiger partial charge in [-0.15, -0.1) is 0 Å². The number of carbonyl (C=O) groups is 1. The first-order chi connectivity index (χ1) is 8.51. The van der Waals surface area contributed by atoms with Gasteiger partial charge < -0.3 is 10.5 Å². The topological polar surface area (TPSA) is 76.1 Å². The van der Waals surface area contributed by atoms with Crippen LogP contribution in [0.5, 0.6) is 0 Å². The van der Waals surface area contributed by atoms with Crippen molar-refractivity contribution >= 4 is 5.97 Å². The van der Waals surface area contributed by atoms with Crippen LogP contribution in [0.1, 0.15) is 24.1 Å². The molecule has 0 saturated heterocycles. The van der Waals surface area contributed by atoms with Crippen molar-refractivity contribution in [1.82, 2.24) is 0 Å². The standard InChI is InChI=1S/C12H12F2N2O2/c1-2-18-12(17)10(14)11(16)7-3-4-9(13)8(5-7)6-15/h3-5,10-11H,2,16H2,1H3/t10?,11-/m1/s1. The maximum absolute atomic E-state index is 13.6. The van der Waals surface area contributed by atoms with Gasteiger partial charge in [0.05, 0.1) is 18.2 Å². The van der Waals surface area contributed by atoms with Gasteiger partial charge >= 0.3 is 5.97 Å². The molecular formula is C12H12F2N2O2. The quantitative estimate of drug-likeness (QED) is 0.828. The number of nitrogens with two attached hydrogens (primary N) is 1. The number of hydrogen-bond donors (Lipinski definition) is 1. The number of carbonyl (C=O) groups excluding carboxylic acids is 1. The first kappa shape index (κ1) is 14.1. The SMILES string of the molecule is CCOC(=O)C(F)[C@H](N)c1ccc(F)c(C#N)c1. The summed E-state index contributed by atoms with van der Waals surface area (Å²) in [5, 5.41) is 8.64. The first-order valence-electron chi connectivity index (χ1n) is 5.27. The highest BCUT2D eigenvalue weighted by molar-refractivity contribution is 5.75. The molecule has 1 rings (SSSR count). The molecule has 4 nitrogen and oxygen atoms in total. The molecule has 0 heterocycles. The molecule has 0 fully saturated rings. The van der Waals surface area contributed by atoms with Gasteiger partial charge in [0.25, 0.3) is 0 Å². The molecule has 1 aromatic rings. The van der Waals surface area contributed by atoms with Crippen LogP contribution >= 0.6 is 0 Å². The molecule has 1 unspecified atom stereocenters. The number of benzene rings is 1. The van der Waals surface area contributed by atoms with Crippen molar-refractivity contribution in [3.63, 3.8) is 0 Å². The van der Waals surface area contributed by atoms with Gasteiger partial charge in [-0.3, -0.25) is 0 Å². The predicted octanol–water partition coefficient (Wildman–Crippen LogP) is 1.60. The largest absolute Gasteiger partial charge is 0.464 e. The monoisotopic (exact) mass is 254 g/mol. The van der Waals surface area contributed by atoms with Crippen LogP contribution in [-0.2, 0) is 9.53 Å². The lowest BCUT2D eigenvalue weighted by Gasteiger charge is -2.16. The van der Waals surface area contributed by atoms with E-state index in [9.17, 15) is 13.6 Å². The molecule has 2 atom stereocenters. The van der Waals surface area contributed by atoms with Crippen molar-refractivity contribution in [1.29, 1.82) is 5.26 Å². The maximum Gasteiger partial charge on any atom is 0.342 e. The zero-order valence-electron chi connectivity index (χ0n) is 9.69. The van der Waals surface area contributed by atoms with Gasteiger partial charge in [-0.05, 0) is 24.6 Å². The lowest BCUT2D eigenvalue weighted by Crippen LogP contribution is -2.31. The minimum absolute atomic E-state index is 0.0405. The molecule has 96 valence electrons. The van der Waals surface area contributed by atoms with E-state index in [1.165, 1.54) is 6.07 Å². The molecule has 1 aromatic carbocycles. The number of esters is 1. The van der Waals surface area contributed by atoms with Crippen LogP contribution < -0.4 is 5.73 Å². The predicted molar refractivity (Wildman–Crippen MR) is 59.6 cm³/mol. The van der Waals surface area contributed by atoms with Crippen molar-refractivity contribution in [3.05, 3.63) is 35.1 Å². The number of ether oxygens (including phenoxy) is 1. The Kier molecular flexibility index (Phi) is 4.75. The number of rotatable bonds is 4. The number of nitrogens with zero attached hydrogens (tertiary/aromatic N) is 1. The maximum atomic E-state index is 13.6. The minimum Gasteiger partial charge on any atom is -0.464 e. The Labute approximate surface area is 103 Å². The van der Waals surface area contributed by atoms with Crippen LogP contribution in [0.4, 0.5) is 8.78 Å². The second-order valence-electron chi connectivity index (χ2n) is 3.53. The van der Waals surface area contributed by atoms with Gasteiger partial charge in [0.15, 0.2) is 0 Å². The molecule has 0 aliphatic heterocycles. The molecule has 0 radical (unpaired) electrons. The van der Waals surface area contributed by atoms with E-state index in [2.05, 4.69) is 4.74 Å². The summed E-state index contributed by atoms with van der Waals surface area (Å²) in [5.41, 5.74) is 5.45. The summed E-state index contributed by atoms with van der Waals surface area (Å²) in [6, 6.07) is 3.67. The van der Waals surface area contributed by atoms with Gasteiger partial charge in [0.2, 0.25) is 6.17 Å². The third-order valence-corrected chi connectivity index (χ3v) is 2.32. The summed E-state index contributed by atoms with van der Waals surface area (Å²) in [6.45, 7) is 1.58. The van der Waals surface area contributed by atoms with E-state index in [4.69, 9.17) is 11.0 Å². The Balaban J connectivity index is 2.94. The second-order valence-corrected chi connectivity index (χ2v) is 3.53. The zero-order valence-corrected chi connectivity index (χ0v) is 9.69. The van der Waals surface area contributed by atoms with E-state index in [1.807, 2.05) is 0 Å². The summed E-state index contributed by atoms with van der Waals surface area (Å²) < 4.78 is 31.2. The zero-order chi connectivity index (χ0) is 13.7. The fourth-order valence-electron chi connectivity index (χ4n) is 1.37. The highest BCUT2D eigenvalue weighted by Gasteiger charge is 2.28. The lowest BCUT2D eigenvalue weighted by atomic mass is 10.0. The first-order valence-corrected chi connectivity index (χ1v) is 5.27. The number of hydrogen-bond acceptors (Lipinski definition) is 4. The molecular weight excluding hydrogens is 242 g/mol. The van der Waals surface area contributed by atoms with E-state index in [0.29, 0.717) is 0 Å². The Hall–Kier alpha value is -2.00. The van der Waals surface area contributed by atoms with Crippen LogP contribution in [0, 0.1) is 17.1 Å². The molecule has 0 saturated carbocycles. The third-order valence-electron chi connectivity index (χ3n) is 2.32. The van der Waals surface area contributed by atoms with Crippen molar-refractivity contribution in [2.45, 2.75) is 19.1 Å². The van der Waals surface area contributed by atoms with Crippen molar-refractivity contribution in [3.8, 4) is 6.07 Å². The number of nitriles is 1. The van der Waals surface area contributed by atoms with Gasteiger partial charge in [-0.1, -0.05) is 6.07 Å². The summed E-state index contributed by atoms with van der Waals surface area (Å²) in [5.74, 6) is -1.80. The number of halogens is 2. The van der Waals surface area contributed by atoms with Gasteiger partial charge in [0, 0.05) is 0 Å². The van der Waals surface area contributed by atoms with E-state index in [-0.39, 0.29) is 17.7 Å². The smallest absolute Gasteiger partial charge is 0.342 e. The van der Waals surface area contributed by atoms with Gasteiger partial charge in [-0.25, -0.2) is 13.6 Å². The molecule has 0 spiro atoms. The summed E-state index contributed by atoms with van der Waals surface area (Å²) >= 11 is 0. The van der Waals surface area contributed by atoms with Crippen LogP contribution in [0.25, 0.3) is 0 Å². The summed E-state index contributed by atoms with van der Waals surface area (Å²) in [4.78, 5) is 11.2. The highest BCUT2D eigenvalue weighted by atomic mass is 19.1. The normalized spacial score (nSPS) is 13.5. The fraction of sp³-hybridized carbons (Fsp3) is 0.333. The average molecular weight is 254 g/mol. The molecule has 0 aliphatic carbocycles. The lowest BCUT2D eigenvalue weighted by molar-refractivity contribution is -0.149.